The van der Waals surface area contributed by atoms with Gasteiger partial charge in [0, 0.05) is 13.0 Å². The van der Waals surface area contributed by atoms with Crippen molar-refractivity contribution < 1.29 is 18.9 Å². The molecule has 2 rings (SSSR count). The summed E-state index contributed by atoms with van der Waals surface area (Å²) in [6.45, 7) is 4.06. The van der Waals surface area contributed by atoms with Crippen LogP contribution < -0.4 is 5.32 Å². The largest absolute Gasteiger partial charge is 0.339 e. The Bertz CT molecular complexity index is 555. The molecule has 1 aliphatic rings. The molecule has 0 atom stereocenters. The van der Waals surface area contributed by atoms with E-state index in [9.17, 15) is 14.4 Å². The molecule has 1 aromatic heterocycles. The molecule has 9 nitrogen and oxygen atoms in total. The second-order valence-electron chi connectivity index (χ2n) is 4.90. The van der Waals surface area contributed by atoms with Gasteiger partial charge in [0.1, 0.15) is 6.54 Å². The molecule has 0 saturated carbocycles. The van der Waals surface area contributed by atoms with Gasteiger partial charge in [0.05, 0.1) is 13.1 Å². The molecule has 0 unspecified atom stereocenters. The van der Waals surface area contributed by atoms with Crippen LogP contribution in [-0.2, 0) is 22.6 Å². The third-order valence-electron chi connectivity index (χ3n) is 3.27. The summed E-state index contributed by atoms with van der Waals surface area (Å²) in [5.41, 5.74) is 0. The molecule has 1 saturated heterocycles. The van der Waals surface area contributed by atoms with Crippen LogP contribution in [0.25, 0.3) is 0 Å². The topological polar surface area (TPSA) is 109 Å². The minimum absolute atomic E-state index is 0.0660. The van der Waals surface area contributed by atoms with Gasteiger partial charge in [0.15, 0.2) is 5.82 Å². The van der Waals surface area contributed by atoms with Crippen molar-refractivity contribution in [3.05, 3.63) is 11.7 Å². The molecule has 1 N–H and O–H groups in total. The van der Waals surface area contributed by atoms with Gasteiger partial charge in [-0.2, -0.15) is 4.98 Å². The van der Waals surface area contributed by atoms with Crippen molar-refractivity contribution in [1.82, 2.24) is 25.3 Å². The first-order chi connectivity index (χ1) is 10.5. The lowest BCUT2D eigenvalue weighted by Gasteiger charge is -2.21. The number of likely N-dealkylation sites (N-methyl/N-ethyl adjacent to an activating group) is 1. The molecule has 0 aliphatic carbocycles. The van der Waals surface area contributed by atoms with E-state index in [4.69, 9.17) is 4.52 Å². The number of aryl methyl sites for hydroxylation is 1. The van der Waals surface area contributed by atoms with E-state index < -0.39 is 11.9 Å². The lowest BCUT2D eigenvalue weighted by molar-refractivity contribution is -0.136. The molecule has 0 spiro atoms. The maximum Gasteiger partial charge on any atom is 0.325 e. The molecule has 4 amide bonds. The Morgan fingerprint density at radius 1 is 1.41 bits per heavy atom. The van der Waals surface area contributed by atoms with Crippen molar-refractivity contribution in [3.63, 3.8) is 0 Å². The van der Waals surface area contributed by atoms with Crippen molar-refractivity contribution in [1.29, 1.82) is 0 Å². The standard InChI is InChI=1S/C13H19N5O4/c1-3-5-10-15-9(16-22-10)7-17(4-2)12(20)8-18-11(19)6-14-13(18)21/h3-8H2,1-2H3,(H,14,21). The number of nitrogens with one attached hydrogen (secondary N) is 1. The van der Waals surface area contributed by atoms with Crippen molar-refractivity contribution in [2.75, 3.05) is 19.6 Å². The van der Waals surface area contributed by atoms with Crippen molar-refractivity contribution in [2.45, 2.75) is 33.2 Å². The van der Waals surface area contributed by atoms with Gasteiger partial charge in [-0.3, -0.25) is 14.5 Å². The van der Waals surface area contributed by atoms with E-state index in [1.165, 1.54) is 4.90 Å². The highest BCUT2D eigenvalue weighted by Crippen LogP contribution is 2.06. The number of amides is 4. The minimum atomic E-state index is -0.542. The van der Waals surface area contributed by atoms with E-state index in [0.29, 0.717) is 24.7 Å². The van der Waals surface area contributed by atoms with Crippen molar-refractivity contribution in [3.8, 4) is 0 Å². The van der Waals surface area contributed by atoms with Crippen LogP contribution in [0.5, 0.6) is 0 Å². The van der Waals surface area contributed by atoms with Crippen molar-refractivity contribution in [2.24, 2.45) is 0 Å². The molecule has 2 heterocycles. The van der Waals surface area contributed by atoms with Gasteiger partial charge in [0.25, 0.3) is 5.91 Å². The first-order valence-electron chi connectivity index (χ1n) is 7.22. The van der Waals surface area contributed by atoms with Crippen LogP contribution in [0, 0.1) is 0 Å². The highest BCUT2D eigenvalue weighted by molar-refractivity contribution is 6.04. The number of nitrogens with zero attached hydrogens (tertiary/aromatic N) is 4. The van der Waals surface area contributed by atoms with Crippen LogP contribution in [0.3, 0.4) is 0 Å². The average molecular weight is 309 g/mol. The highest BCUT2D eigenvalue weighted by atomic mass is 16.5. The molecule has 1 fully saturated rings. The van der Waals surface area contributed by atoms with E-state index >= 15 is 0 Å². The maximum absolute atomic E-state index is 12.2. The lowest BCUT2D eigenvalue weighted by atomic mass is 10.3. The predicted molar refractivity (Wildman–Crippen MR) is 74.5 cm³/mol. The zero-order valence-electron chi connectivity index (χ0n) is 12.7. The zero-order chi connectivity index (χ0) is 16.1. The molecule has 22 heavy (non-hydrogen) atoms. The summed E-state index contributed by atoms with van der Waals surface area (Å²) >= 11 is 0. The Hall–Kier alpha value is -2.45. The van der Waals surface area contributed by atoms with Crippen LogP contribution in [0.4, 0.5) is 4.79 Å². The highest BCUT2D eigenvalue weighted by Gasteiger charge is 2.31. The number of carbonyl (C=O) groups excluding carboxylic acids is 3. The molecule has 9 heteroatoms. The quantitative estimate of drug-likeness (QED) is 0.706. The first-order valence-corrected chi connectivity index (χ1v) is 7.22. The second kappa shape index (κ2) is 7.01. The molecule has 0 bridgehead atoms. The first kappa shape index (κ1) is 15.9. The molecule has 1 aliphatic heterocycles. The number of urea groups is 1. The van der Waals surface area contributed by atoms with Gasteiger partial charge in [0.2, 0.25) is 11.8 Å². The van der Waals surface area contributed by atoms with Gasteiger partial charge in [-0.05, 0) is 13.3 Å². The van der Waals surface area contributed by atoms with Crippen LogP contribution in [-0.4, -0.2) is 57.4 Å². The van der Waals surface area contributed by atoms with Gasteiger partial charge >= 0.3 is 6.03 Å². The zero-order valence-corrected chi connectivity index (χ0v) is 12.7. The summed E-state index contributed by atoms with van der Waals surface area (Å²) in [6.07, 6.45) is 1.58. The van der Waals surface area contributed by atoms with Crippen LogP contribution >= 0.6 is 0 Å². The smallest absolute Gasteiger partial charge is 0.325 e. The average Bonchev–Trinajstić information content (AvgIpc) is 3.06. The van der Waals surface area contributed by atoms with Crippen molar-refractivity contribution >= 4 is 17.8 Å². The van der Waals surface area contributed by atoms with Crippen LogP contribution in [0.1, 0.15) is 32.0 Å². The molecule has 120 valence electrons. The number of carbonyl (C=O) groups is 3. The van der Waals surface area contributed by atoms with Crippen LogP contribution in [0.2, 0.25) is 0 Å². The number of hydrogen-bond acceptors (Lipinski definition) is 6. The maximum atomic E-state index is 12.2. The molecule has 1 aromatic rings. The number of rotatable bonds is 7. The summed E-state index contributed by atoms with van der Waals surface area (Å²) in [4.78, 5) is 41.7. The normalized spacial score (nSPS) is 14.4. The molecule has 0 aromatic carbocycles. The van der Waals surface area contributed by atoms with Gasteiger partial charge in [-0.15, -0.1) is 0 Å². The molecule has 0 radical (unpaired) electrons. The van der Waals surface area contributed by atoms with Gasteiger partial charge in [-0.1, -0.05) is 12.1 Å². The van der Waals surface area contributed by atoms with E-state index in [1.807, 2.05) is 6.92 Å². The Kier molecular flexibility index (Phi) is 5.08. The fourth-order valence-electron chi connectivity index (χ4n) is 2.07. The molecular weight excluding hydrogens is 290 g/mol. The fourth-order valence-corrected chi connectivity index (χ4v) is 2.07. The number of hydrogen-bond donors (Lipinski definition) is 1. The van der Waals surface area contributed by atoms with Gasteiger partial charge in [-0.25, -0.2) is 4.79 Å². The second-order valence-corrected chi connectivity index (χ2v) is 4.90. The monoisotopic (exact) mass is 309 g/mol. The molecular formula is C13H19N5O4. The summed E-state index contributed by atoms with van der Waals surface area (Å²) in [7, 11) is 0. The summed E-state index contributed by atoms with van der Waals surface area (Å²) in [5, 5.41) is 6.20. The number of aromatic nitrogens is 2. The summed E-state index contributed by atoms with van der Waals surface area (Å²) in [6, 6.07) is -0.542. The Labute approximate surface area is 127 Å². The third kappa shape index (κ3) is 3.60. The number of imide groups is 1. The Balaban J connectivity index is 1.96. The summed E-state index contributed by atoms with van der Waals surface area (Å²) in [5.74, 6) is 0.208. The van der Waals surface area contributed by atoms with E-state index in [2.05, 4.69) is 15.5 Å². The summed E-state index contributed by atoms with van der Waals surface area (Å²) < 4.78 is 5.07. The van der Waals surface area contributed by atoms with Crippen LogP contribution in [0.15, 0.2) is 4.52 Å². The lowest BCUT2D eigenvalue weighted by Crippen LogP contribution is -2.42. The van der Waals surface area contributed by atoms with Gasteiger partial charge < -0.3 is 14.7 Å². The Morgan fingerprint density at radius 3 is 2.77 bits per heavy atom. The van der Waals surface area contributed by atoms with E-state index in [-0.39, 0.29) is 25.5 Å². The third-order valence-corrected chi connectivity index (χ3v) is 3.27. The van der Waals surface area contributed by atoms with E-state index in [0.717, 1.165) is 11.3 Å². The van der Waals surface area contributed by atoms with E-state index in [1.54, 1.807) is 6.92 Å². The predicted octanol–water partition coefficient (Wildman–Crippen LogP) is -0.0776. The minimum Gasteiger partial charge on any atom is -0.339 e. The SMILES string of the molecule is CCCc1nc(CN(CC)C(=O)CN2C(=O)CNC2=O)no1. The fraction of sp³-hybridized carbons (Fsp3) is 0.615. The Morgan fingerprint density at radius 2 is 2.18 bits per heavy atom.